The second-order valence-corrected chi connectivity index (χ2v) is 9.55. The van der Waals surface area contributed by atoms with Crippen LogP contribution in [0.4, 0.5) is 5.69 Å². The molecular weight excluding hydrogens is 396 g/mol. The number of carbonyl (C=O) groups excluding carboxylic acids is 1. The van der Waals surface area contributed by atoms with E-state index in [0.29, 0.717) is 34.9 Å². The van der Waals surface area contributed by atoms with Gasteiger partial charge in [-0.05, 0) is 68.1 Å². The summed E-state index contributed by atoms with van der Waals surface area (Å²) in [5.41, 5.74) is 2.44. The number of hydrogen-bond donors (Lipinski definition) is 1. The Bertz CT molecular complexity index is 981. The minimum Gasteiger partial charge on any atom is -0.322 e. The minimum atomic E-state index is -3.62. The van der Waals surface area contributed by atoms with Crippen molar-refractivity contribution in [3.8, 4) is 0 Å². The Morgan fingerprint density at radius 1 is 0.964 bits per heavy atom. The maximum atomic E-state index is 13.2. The lowest BCUT2D eigenvalue weighted by Gasteiger charge is -2.21. The van der Waals surface area contributed by atoms with Crippen LogP contribution in [0.25, 0.3) is 0 Å². The van der Waals surface area contributed by atoms with Crippen LogP contribution in [0.15, 0.2) is 41.3 Å². The van der Waals surface area contributed by atoms with Gasteiger partial charge >= 0.3 is 0 Å². The first-order valence-electron chi connectivity index (χ1n) is 9.47. The number of hydrogen-bond acceptors (Lipinski definition) is 3. The molecule has 0 aromatic heterocycles. The molecule has 7 heteroatoms. The normalized spacial score (nSPS) is 15.8. The molecule has 0 saturated carbocycles. The summed E-state index contributed by atoms with van der Waals surface area (Å²) < 4.78 is 27.9. The van der Waals surface area contributed by atoms with Gasteiger partial charge in [-0.1, -0.05) is 30.5 Å². The lowest BCUT2D eigenvalue weighted by molar-refractivity contribution is 0.102. The molecule has 0 radical (unpaired) electrons. The van der Waals surface area contributed by atoms with Crippen LogP contribution in [0, 0.1) is 13.8 Å². The van der Waals surface area contributed by atoms with Crippen molar-refractivity contribution >= 4 is 33.2 Å². The summed E-state index contributed by atoms with van der Waals surface area (Å²) >= 11 is 5.96. The fourth-order valence-corrected chi connectivity index (χ4v) is 5.40. The molecule has 2 aromatic rings. The van der Waals surface area contributed by atoms with Crippen LogP contribution < -0.4 is 5.32 Å². The van der Waals surface area contributed by atoms with Crippen LogP contribution in [-0.2, 0) is 10.0 Å². The van der Waals surface area contributed by atoms with Crippen molar-refractivity contribution < 1.29 is 13.2 Å². The number of nitrogens with one attached hydrogen (secondary N) is 1. The van der Waals surface area contributed by atoms with Gasteiger partial charge < -0.3 is 5.32 Å². The zero-order valence-corrected chi connectivity index (χ0v) is 17.7. The van der Waals surface area contributed by atoms with Crippen LogP contribution >= 0.6 is 11.6 Å². The number of nitrogens with zero attached hydrogens (tertiary/aromatic N) is 1. The van der Waals surface area contributed by atoms with Crippen LogP contribution in [0.2, 0.25) is 5.02 Å². The highest BCUT2D eigenvalue weighted by molar-refractivity contribution is 7.89. The molecule has 1 fully saturated rings. The molecule has 1 amide bonds. The highest BCUT2D eigenvalue weighted by Gasteiger charge is 2.27. The molecule has 28 heavy (non-hydrogen) atoms. The molecule has 0 bridgehead atoms. The summed E-state index contributed by atoms with van der Waals surface area (Å²) in [6.45, 7) is 4.67. The van der Waals surface area contributed by atoms with Crippen LogP contribution in [0.5, 0.6) is 0 Å². The van der Waals surface area contributed by atoms with Gasteiger partial charge in [0.15, 0.2) is 0 Å². The van der Waals surface area contributed by atoms with E-state index in [1.807, 2.05) is 6.92 Å². The summed E-state index contributed by atoms with van der Waals surface area (Å²) in [5, 5.41) is 3.43. The highest BCUT2D eigenvalue weighted by atomic mass is 35.5. The first-order chi connectivity index (χ1) is 13.3. The molecular formula is C21H25ClN2O3S. The first kappa shape index (κ1) is 20.8. The largest absolute Gasteiger partial charge is 0.322 e. The van der Waals surface area contributed by atoms with E-state index < -0.39 is 10.0 Å². The lowest BCUT2D eigenvalue weighted by Crippen LogP contribution is -2.32. The third kappa shape index (κ3) is 4.57. The SMILES string of the molecule is Cc1cc(Cl)ccc1NC(=O)c1ccc(C)c(S(=O)(=O)N2CCCCCC2)c1. The van der Waals surface area contributed by atoms with Gasteiger partial charge in [0.25, 0.3) is 5.91 Å². The van der Waals surface area contributed by atoms with Gasteiger partial charge in [0.1, 0.15) is 0 Å². The molecule has 0 aliphatic carbocycles. The Hall–Kier alpha value is -1.89. The standard InChI is InChI=1S/C21H25ClN2O3S/c1-15-7-8-17(21(25)23-19-10-9-18(22)13-16(19)2)14-20(15)28(26,27)24-11-5-3-4-6-12-24/h7-10,13-14H,3-6,11-12H2,1-2H3,(H,23,25). The Morgan fingerprint density at radius 3 is 2.29 bits per heavy atom. The van der Waals surface area contributed by atoms with Gasteiger partial charge in [-0.3, -0.25) is 4.79 Å². The van der Waals surface area contributed by atoms with Crippen LogP contribution in [0.3, 0.4) is 0 Å². The molecule has 1 aliphatic rings. The number of aryl methyl sites for hydroxylation is 2. The second kappa shape index (κ2) is 8.64. The summed E-state index contributed by atoms with van der Waals surface area (Å²) in [6.07, 6.45) is 3.84. The Kier molecular flexibility index (Phi) is 6.43. The average Bonchev–Trinajstić information content (AvgIpc) is 2.94. The number of halogens is 1. The number of amides is 1. The van der Waals surface area contributed by atoms with E-state index in [9.17, 15) is 13.2 Å². The zero-order chi connectivity index (χ0) is 20.3. The minimum absolute atomic E-state index is 0.204. The number of benzene rings is 2. The monoisotopic (exact) mass is 420 g/mol. The van der Waals surface area contributed by atoms with Gasteiger partial charge in [-0.2, -0.15) is 4.31 Å². The van der Waals surface area contributed by atoms with E-state index in [4.69, 9.17) is 11.6 Å². The molecule has 1 aliphatic heterocycles. The number of carbonyl (C=O) groups is 1. The van der Waals surface area contributed by atoms with Gasteiger partial charge in [0.05, 0.1) is 4.90 Å². The maximum Gasteiger partial charge on any atom is 0.255 e. The molecule has 2 aromatic carbocycles. The van der Waals surface area contributed by atoms with Crippen molar-refractivity contribution in [3.05, 3.63) is 58.1 Å². The summed E-state index contributed by atoms with van der Waals surface area (Å²) in [4.78, 5) is 12.9. The summed E-state index contributed by atoms with van der Waals surface area (Å²) in [7, 11) is -3.62. The highest BCUT2D eigenvalue weighted by Crippen LogP contribution is 2.25. The zero-order valence-electron chi connectivity index (χ0n) is 16.2. The number of rotatable bonds is 4. The van der Waals surface area contributed by atoms with E-state index in [-0.39, 0.29) is 10.8 Å². The molecule has 1 N–H and O–H groups in total. The fourth-order valence-electron chi connectivity index (χ4n) is 3.40. The third-order valence-electron chi connectivity index (χ3n) is 5.07. The Morgan fingerprint density at radius 2 is 1.64 bits per heavy atom. The fraction of sp³-hybridized carbons (Fsp3) is 0.381. The summed E-state index contributed by atoms with van der Waals surface area (Å²) in [6, 6.07) is 10.0. The van der Waals surface area contributed by atoms with Gasteiger partial charge in [-0.15, -0.1) is 0 Å². The predicted molar refractivity (Wildman–Crippen MR) is 113 cm³/mol. The molecule has 0 unspecified atom stereocenters. The lowest BCUT2D eigenvalue weighted by atomic mass is 10.1. The maximum absolute atomic E-state index is 13.2. The number of sulfonamides is 1. The van der Waals surface area contributed by atoms with Gasteiger partial charge in [-0.25, -0.2) is 8.42 Å². The average molecular weight is 421 g/mol. The van der Waals surface area contributed by atoms with Crippen molar-refractivity contribution in [1.29, 1.82) is 0 Å². The number of anilines is 1. The molecule has 1 heterocycles. The molecule has 0 spiro atoms. The molecule has 5 nitrogen and oxygen atoms in total. The Labute approximate surface area is 171 Å². The Balaban J connectivity index is 1.89. The van der Waals surface area contributed by atoms with E-state index in [0.717, 1.165) is 31.2 Å². The first-order valence-corrected chi connectivity index (χ1v) is 11.3. The predicted octanol–water partition coefficient (Wildman–Crippen LogP) is 4.77. The van der Waals surface area contributed by atoms with Crippen molar-refractivity contribution in [1.82, 2.24) is 4.31 Å². The van der Waals surface area contributed by atoms with E-state index in [1.54, 1.807) is 41.6 Å². The van der Waals surface area contributed by atoms with Gasteiger partial charge in [0, 0.05) is 29.4 Å². The van der Waals surface area contributed by atoms with Crippen LogP contribution in [-0.4, -0.2) is 31.7 Å². The van der Waals surface area contributed by atoms with Crippen molar-refractivity contribution in [2.75, 3.05) is 18.4 Å². The smallest absolute Gasteiger partial charge is 0.255 e. The van der Waals surface area contributed by atoms with Crippen molar-refractivity contribution in [2.24, 2.45) is 0 Å². The quantitative estimate of drug-likeness (QED) is 0.774. The molecule has 1 saturated heterocycles. The summed E-state index contributed by atoms with van der Waals surface area (Å²) in [5.74, 6) is -0.349. The van der Waals surface area contributed by atoms with Crippen molar-refractivity contribution in [3.63, 3.8) is 0 Å². The van der Waals surface area contributed by atoms with E-state index in [2.05, 4.69) is 5.32 Å². The second-order valence-electron chi connectivity index (χ2n) is 7.21. The molecule has 150 valence electrons. The van der Waals surface area contributed by atoms with E-state index >= 15 is 0 Å². The van der Waals surface area contributed by atoms with Gasteiger partial charge in [0.2, 0.25) is 10.0 Å². The van der Waals surface area contributed by atoms with Crippen molar-refractivity contribution in [2.45, 2.75) is 44.4 Å². The van der Waals surface area contributed by atoms with E-state index in [1.165, 1.54) is 6.07 Å². The molecule has 3 rings (SSSR count). The van der Waals surface area contributed by atoms with Crippen LogP contribution in [0.1, 0.15) is 47.2 Å². The molecule has 0 atom stereocenters. The topological polar surface area (TPSA) is 66.5 Å². The third-order valence-corrected chi connectivity index (χ3v) is 7.35.